The maximum Gasteiger partial charge on any atom is 0.315 e. The van der Waals surface area contributed by atoms with Crippen LogP contribution in [0.1, 0.15) is 26.7 Å². The summed E-state index contributed by atoms with van der Waals surface area (Å²) in [4.78, 5) is 23.0. The molecule has 3 aliphatic rings. The monoisotopic (exact) mass is 240 g/mol. The summed E-state index contributed by atoms with van der Waals surface area (Å²) in [5.41, 5.74) is -1.12. The Bertz CT molecular complexity index is 392. The van der Waals surface area contributed by atoms with E-state index < -0.39 is 10.8 Å². The highest BCUT2D eigenvalue weighted by atomic mass is 16.6. The molecule has 17 heavy (non-hydrogen) atoms. The van der Waals surface area contributed by atoms with Gasteiger partial charge in [-0.25, -0.2) is 0 Å². The highest BCUT2D eigenvalue weighted by Crippen LogP contribution is 2.63. The van der Waals surface area contributed by atoms with Gasteiger partial charge in [0.25, 0.3) is 0 Å². The first-order valence-electron chi connectivity index (χ1n) is 5.97. The summed E-state index contributed by atoms with van der Waals surface area (Å²) < 4.78 is 16.2. The van der Waals surface area contributed by atoms with Gasteiger partial charge in [-0.3, -0.25) is 9.59 Å². The molecule has 0 N–H and O–H groups in total. The maximum absolute atomic E-state index is 12.0. The SMILES string of the molecule is CC(=O)OC[C@]12COC(=O)[C@]1(C)[C@@H]1CC[C@@H]2O1. The molecule has 0 radical (unpaired) electrons. The molecule has 0 unspecified atom stereocenters. The number of rotatable bonds is 2. The molecule has 2 bridgehead atoms. The summed E-state index contributed by atoms with van der Waals surface area (Å²) in [5.74, 6) is -0.541. The first-order chi connectivity index (χ1) is 8.00. The summed E-state index contributed by atoms with van der Waals surface area (Å²) >= 11 is 0. The van der Waals surface area contributed by atoms with E-state index in [-0.39, 0.29) is 30.8 Å². The third-order valence-corrected chi connectivity index (χ3v) is 4.73. The van der Waals surface area contributed by atoms with E-state index in [1.807, 2.05) is 6.92 Å². The van der Waals surface area contributed by atoms with E-state index >= 15 is 0 Å². The fourth-order valence-corrected chi connectivity index (χ4v) is 3.56. The van der Waals surface area contributed by atoms with Gasteiger partial charge in [-0.15, -0.1) is 0 Å². The quantitative estimate of drug-likeness (QED) is 0.663. The first kappa shape index (κ1) is 11.0. The number of carbonyl (C=O) groups excluding carboxylic acids is 2. The first-order valence-corrected chi connectivity index (χ1v) is 5.97. The Morgan fingerprint density at radius 3 is 2.88 bits per heavy atom. The van der Waals surface area contributed by atoms with E-state index in [4.69, 9.17) is 14.2 Å². The zero-order valence-electron chi connectivity index (χ0n) is 10.0. The van der Waals surface area contributed by atoms with Crippen molar-refractivity contribution in [3.8, 4) is 0 Å². The van der Waals surface area contributed by atoms with Crippen LogP contribution in [0.2, 0.25) is 0 Å². The second-order valence-corrected chi connectivity index (χ2v) is 5.41. The van der Waals surface area contributed by atoms with Gasteiger partial charge >= 0.3 is 11.9 Å². The molecule has 94 valence electrons. The summed E-state index contributed by atoms with van der Waals surface area (Å²) in [6.45, 7) is 3.78. The van der Waals surface area contributed by atoms with Crippen molar-refractivity contribution in [2.75, 3.05) is 13.2 Å². The Labute approximate surface area is 99.4 Å². The van der Waals surface area contributed by atoms with Crippen LogP contribution < -0.4 is 0 Å². The zero-order chi connectivity index (χ0) is 12.3. The van der Waals surface area contributed by atoms with E-state index in [0.29, 0.717) is 6.61 Å². The molecule has 0 aromatic rings. The van der Waals surface area contributed by atoms with Gasteiger partial charge in [0.15, 0.2) is 0 Å². The van der Waals surface area contributed by atoms with Crippen molar-refractivity contribution in [3.63, 3.8) is 0 Å². The van der Waals surface area contributed by atoms with Gasteiger partial charge in [-0.2, -0.15) is 0 Å². The number of cyclic esters (lactones) is 1. The Balaban J connectivity index is 1.95. The van der Waals surface area contributed by atoms with E-state index in [1.165, 1.54) is 6.92 Å². The Morgan fingerprint density at radius 2 is 2.18 bits per heavy atom. The molecular weight excluding hydrogens is 224 g/mol. The van der Waals surface area contributed by atoms with Crippen molar-refractivity contribution in [1.82, 2.24) is 0 Å². The highest BCUT2D eigenvalue weighted by molar-refractivity contribution is 5.82. The van der Waals surface area contributed by atoms with Crippen molar-refractivity contribution < 1.29 is 23.8 Å². The topological polar surface area (TPSA) is 61.8 Å². The molecule has 3 aliphatic heterocycles. The van der Waals surface area contributed by atoms with Crippen LogP contribution in [0, 0.1) is 10.8 Å². The average molecular weight is 240 g/mol. The van der Waals surface area contributed by atoms with Crippen LogP contribution in [-0.2, 0) is 23.8 Å². The number of carbonyl (C=O) groups is 2. The van der Waals surface area contributed by atoms with Crippen molar-refractivity contribution in [1.29, 1.82) is 0 Å². The maximum atomic E-state index is 12.0. The van der Waals surface area contributed by atoms with Gasteiger partial charge in [0.05, 0.1) is 17.6 Å². The van der Waals surface area contributed by atoms with Gasteiger partial charge in [0.2, 0.25) is 0 Å². The second-order valence-electron chi connectivity index (χ2n) is 5.41. The molecule has 3 fully saturated rings. The largest absolute Gasteiger partial charge is 0.465 e. The second kappa shape index (κ2) is 3.22. The predicted octanol–water partition coefficient (Wildman–Crippen LogP) is 0.660. The molecule has 0 amide bonds. The molecule has 4 atom stereocenters. The van der Waals surface area contributed by atoms with Crippen LogP contribution in [0.3, 0.4) is 0 Å². The lowest BCUT2D eigenvalue weighted by Gasteiger charge is -2.38. The minimum atomic E-state index is -0.647. The summed E-state index contributed by atoms with van der Waals surface area (Å²) in [5, 5.41) is 0. The average Bonchev–Trinajstić information content (AvgIpc) is 2.90. The molecule has 5 nitrogen and oxygen atoms in total. The van der Waals surface area contributed by atoms with Gasteiger partial charge < -0.3 is 14.2 Å². The molecule has 0 aromatic carbocycles. The van der Waals surface area contributed by atoms with Crippen molar-refractivity contribution in [3.05, 3.63) is 0 Å². The third-order valence-electron chi connectivity index (χ3n) is 4.73. The van der Waals surface area contributed by atoms with Crippen LogP contribution in [0.4, 0.5) is 0 Å². The molecule has 0 aromatic heterocycles. The smallest absolute Gasteiger partial charge is 0.315 e. The normalized spacial score (nSPS) is 46.8. The van der Waals surface area contributed by atoms with E-state index in [9.17, 15) is 9.59 Å². The van der Waals surface area contributed by atoms with Gasteiger partial charge in [-0.1, -0.05) is 0 Å². The fourth-order valence-electron chi connectivity index (χ4n) is 3.56. The van der Waals surface area contributed by atoms with E-state index in [0.717, 1.165) is 12.8 Å². The van der Waals surface area contributed by atoms with Crippen LogP contribution in [-0.4, -0.2) is 37.4 Å². The van der Waals surface area contributed by atoms with Gasteiger partial charge in [-0.05, 0) is 19.8 Å². The number of ether oxygens (including phenoxy) is 3. The third kappa shape index (κ3) is 1.13. The van der Waals surface area contributed by atoms with Crippen LogP contribution in [0.15, 0.2) is 0 Å². The number of hydrogen-bond acceptors (Lipinski definition) is 5. The fraction of sp³-hybridized carbons (Fsp3) is 0.833. The van der Waals surface area contributed by atoms with E-state index in [1.54, 1.807) is 0 Å². The molecule has 0 spiro atoms. The Morgan fingerprint density at radius 1 is 1.47 bits per heavy atom. The molecule has 3 heterocycles. The zero-order valence-corrected chi connectivity index (χ0v) is 10.0. The molecule has 0 saturated carbocycles. The highest BCUT2D eigenvalue weighted by Gasteiger charge is 2.75. The lowest BCUT2D eigenvalue weighted by molar-refractivity contribution is -0.152. The summed E-state index contributed by atoms with van der Waals surface area (Å²) in [7, 11) is 0. The summed E-state index contributed by atoms with van der Waals surface area (Å²) in [6.07, 6.45) is 1.69. The van der Waals surface area contributed by atoms with Crippen molar-refractivity contribution in [2.24, 2.45) is 10.8 Å². The predicted molar refractivity (Wildman–Crippen MR) is 56.0 cm³/mol. The Hall–Kier alpha value is -1.10. The molecule has 3 rings (SSSR count). The lowest BCUT2D eigenvalue weighted by atomic mass is 9.59. The van der Waals surface area contributed by atoms with E-state index in [2.05, 4.69) is 0 Å². The van der Waals surface area contributed by atoms with Crippen molar-refractivity contribution >= 4 is 11.9 Å². The number of fused-ring (bicyclic) bond motifs is 5. The lowest BCUT2D eigenvalue weighted by Crippen LogP contribution is -2.52. The minimum Gasteiger partial charge on any atom is -0.465 e. The summed E-state index contributed by atoms with van der Waals surface area (Å²) in [6, 6.07) is 0. The molecular formula is C12H16O5. The molecule has 3 saturated heterocycles. The van der Waals surface area contributed by atoms with Crippen molar-refractivity contribution in [2.45, 2.75) is 38.9 Å². The van der Waals surface area contributed by atoms with Crippen LogP contribution in [0.5, 0.6) is 0 Å². The van der Waals surface area contributed by atoms with Crippen LogP contribution in [0.25, 0.3) is 0 Å². The van der Waals surface area contributed by atoms with Gasteiger partial charge in [0.1, 0.15) is 18.6 Å². The van der Waals surface area contributed by atoms with Crippen LogP contribution >= 0.6 is 0 Å². The number of esters is 2. The van der Waals surface area contributed by atoms with Gasteiger partial charge in [0, 0.05) is 6.92 Å². The molecule has 5 heteroatoms. The standard InChI is InChI=1S/C12H16O5/c1-7(13)15-5-12-6-16-10(14)11(12,2)8-3-4-9(12)17-8/h8-9H,3-6H2,1-2H3/t8-,9-,11-,12+/m0/s1. The molecule has 0 aliphatic carbocycles. The number of hydrogen-bond donors (Lipinski definition) is 0. The minimum absolute atomic E-state index is 0.0247. The Kier molecular flexibility index (Phi) is 2.09.